The van der Waals surface area contributed by atoms with Gasteiger partial charge in [0.25, 0.3) is 0 Å². The van der Waals surface area contributed by atoms with Gasteiger partial charge < -0.3 is 19.7 Å². The van der Waals surface area contributed by atoms with E-state index in [-0.39, 0.29) is 44.0 Å². The van der Waals surface area contributed by atoms with Crippen LogP contribution in [0.5, 0.6) is 11.5 Å². The Morgan fingerprint density at radius 2 is 1.73 bits per heavy atom. The first-order valence-corrected chi connectivity index (χ1v) is 14.5. The Balaban J connectivity index is 1.75. The van der Waals surface area contributed by atoms with Crippen molar-refractivity contribution in [1.82, 2.24) is 10.2 Å². The van der Waals surface area contributed by atoms with Gasteiger partial charge in [-0.2, -0.15) is 0 Å². The van der Waals surface area contributed by atoms with Crippen LogP contribution in [0.15, 0.2) is 48.5 Å². The summed E-state index contributed by atoms with van der Waals surface area (Å²) in [5, 5.41) is 3.00. The van der Waals surface area contributed by atoms with Gasteiger partial charge in [0.05, 0.1) is 11.9 Å². The van der Waals surface area contributed by atoms with Crippen molar-refractivity contribution in [2.45, 2.75) is 65.1 Å². The SMILES string of the molecule is CC[C@H](C)NC(=O)[C@H](CC)N(Cc1ccccc1)C(=O)CCCN(c1ccc2c(c1)OCO2)S(C)(=O)=O. The van der Waals surface area contributed by atoms with Crippen molar-refractivity contribution >= 4 is 27.5 Å². The van der Waals surface area contributed by atoms with E-state index >= 15 is 0 Å². The second kappa shape index (κ2) is 12.8. The standard InChI is InChI=1S/C27H37N3O6S/c1-5-20(3)28-27(32)23(6-2)29(18-21-11-8-7-9-12-21)26(31)13-10-16-30(37(4,33)34)22-14-15-24-25(17-22)36-19-35-24/h7-9,11-12,14-15,17,20,23H,5-6,10,13,16,18-19H2,1-4H3,(H,28,32)/t20-,23-/m0/s1. The maximum absolute atomic E-state index is 13.5. The molecule has 0 radical (unpaired) electrons. The van der Waals surface area contributed by atoms with E-state index in [0.717, 1.165) is 18.2 Å². The number of ether oxygens (including phenoxy) is 2. The predicted octanol–water partition coefficient (Wildman–Crippen LogP) is 3.68. The number of nitrogens with zero attached hydrogens (tertiary/aromatic N) is 2. The summed E-state index contributed by atoms with van der Waals surface area (Å²) >= 11 is 0. The number of hydrogen-bond acceptors (Lipinski definition) is 6. The number of carbonyl (C=O) groups is 2. The van der Waals surface area contributed by atoms with E-state index in [0.29, 0.717) is 30.2 Å². The summed E-state index contributed by atoms with van der Waals surface area (Å²) in [5.41, 5.74) is 1.36. The molecule has 1 aliphatic heterocycles. The Morgan fingerprint density at radius 1 is 1.03 bits per heavy atom. The molecule has 0 bridgehead atoms. The first kappa shape index (κ1) is 28.3. The summed E-state index contributed by atoms with van der Waals surface area (Å²) in [6.45, 7) is 6.31. The largest absolute Gasteiger partial charge is 0.454 e. The summed E-state index contributed by atoms with van der Waals surface area (Å²) in [7, 11) is -3.61. The number of rotatable bonds is 13. The number of sulfonamides is 1. The lowest BCUT2D eigenvalue weighted by molar-refractivity contribution is -0.141. The minimum absolute atomic E-state index is 0.000229. The predicted molar refractivity (Wildman–Crippen MR) is 143 cm³/mol. The average molecular weight is 532 g/mol. The van der Waals surface area contributed by atoms with Gasteiger partial charge >= 0.3 is 0 Å². The minimum atomic E-state index is -3.61. The fraction of sp³-hybridized carbons (Fsp3) is 0.481. The van der Waals surface area contributed by atoms with E-state index in [1.165, 1.54) is 4.31 Å². The molecule has 0 spiro atoms. The van der Waals surface area contributed by atoms with Crippen LogP contribution in [0.1, 0.15) is 52.0 Å². The summed E-state index contributed by atoms with van der Waals surface area (Å²) in [6.07, 6.45) is 2.77. The average Bonchev–Trinajstić information content (AvgIpc) is 3.34. The first-order chi connectivity index (χ1) is 17.6. The molecule has 2 aromatic carbocycles. The van der Waals surface area contributed by atoms with E-state index < -0.39 is 16.1 Å². The highest BCUT2D eigenvalue weighted by atomic mass is 32.2. The molecule has 9 nitrogen and oxygen atoms in total. The van der Waals surface area contributed by atoms with Gasteiger partial charge in [-0.25, -0.2) is 8.42 Å². The van der Waals surface area contributed by atoms with Crippen LogP contribution in [-0.2, 0) is 26.2 Å². The molecule has 1 N–H and O–H groups in total. The number of hydrogen-bond donors (Lipinski definition) is 1. The van der Waals surface area contributed by atoms with Gasteiger partial charge in [-0.15, -0.1) is 0 Å². The zero-order valence-electron chi connectivity index (χ0n) is 22.0. The van der Waals surface area contributed by atoms with Crippen molar-refractivity contribution in [2.24, 2.45) is 0 Å². The van der Waals surface area contributed by atoms with Crippen molar-refractivity contribution in [3.05, 3.63) is 54.1 Å². The van der Waals surface area contributed by atoms with Crippen LogP contribution in [0, 0.1) is 0 Å². The number of fused-ring (bicyclic) bond motifs is 1. The number of anilines is 1. The van der Waals surface area contributed by atoms with E-state index in [1.807, 2.05) is 51.1 Å². The Hall–Kier alpha value is -3.27. The fourth-order valence-corrected chi connectivity index (χ4v) is 5.14. The van der Waals surface area contributed by atoms with Crippen molar-refractivity contribution in [1.29, 1.82) is 0 Å². The Labute approximate surface area is 219 Å². The van der Waals surface area contributed by atoms with Gasteiger partial charge in [0.1, 0.15) is 6.04 Å². The molecule has 2 amide bonds. The third-order valence-electron chi connectivity index (χ3n) is 6.38. The molecule has 0 unspecified atom stereocenters. The molecule has 1 heterocycles. The molecule has 0 saturated heterocycles. The Bertz CT molecular complexity index is 1170. The van der Waals surface area contributed by atoms with Crippen LogP contribution in [0.25, 0.3) is 0 Å². The van der Waals surface area contributed by atoms with Crippen LogP contribution in [0.3, 0.4) is 0 Å². The second-order valence-corrected chi connectivity index (χ2v) is 11.1. The number of amides is 2. The molecule has 0 saturated carbocycles. The topological polar surface area (TPSA) is 105 Å². The fourth-order valence-electron chi connectivity index (χ4n) is 4.18. The monoisotopic (exact) mass is 531 g/mol. The molecule has 1 aliphatic rings. The maximum Gasteiger partial charge on any atom is 0.243 e. The third kappa shape index (κ3) is 7.61. The highest BCUT2D eigenvalue weighted by Gasteiger charge is 2.29. The molecular formula is C27H37N3O6S. The zero-order valence-corrected chi connectivity index (χ0v) is 22.8. The molecule has 0 fully saturated rings. The van der Waals surface area contributed by atoms with Crippen LogP contribution >= 0.6 is 0 Å². The van der Waals surface area contributed by atoms with Gasteiger partial charge in [-0.3, -0.25) is 13.9 Å². The number of carbonyl (C=O) groups excluding carboxylic acids is 2. The lowest BCUT2D eigenvalue weighted by atomic mass is 10.1. The summed E-state index contributed by atoms with van der Waals surface area (Å²) in [5.74, 6) is 0.660. The van der Waals surface area contributed by atoms with E-state index in [4.69, 9.17) is 9.47 Å². The van der Waals surface area contributed by atoms with E-state index in [1.54, 1.807) is 23.1 Å². The highest BCUT2D eigenvalue weighted by molar-refractivity contribution is 7.92. The van der Waals surface area contributed by atoms with Gasteiger partial charge in [0.2, 0.25) is 28.6 Å². The van der Waals surface area contributed by atoms with Crippen molar-refractivity contribution in [2.75, 3.05) is 23.9 Å². The maximum atomic E-state index is 13.5. The van der Waals surface area contributed by atoms with Crippen LogP contribution in [0.2, 0.25) is 0 Å². The summed E-state index contributed by atoms with van der Waals surface area (Å²) in [4.78, 5) is 28.1. The second-order valence-electron chi connectivity index (χ2n) is 9.23. The van der Waals surface area contributed by atoms with E-state index in [9.17, 15) is 18.0 Å². The molecule has 10 heteroatoms. The van der Waals surface area contributed by atoms with Crippen molar-refractivity contribution < 1.29 is 27.5 Å². The first-order valence-electron chi connectivity index (χ1n) is 12.6. The lowest BCUT2D eigenvalue weighted by Gasteiger charge is -2.32. The molecule has 0 aromatic heterocycles. The molecule has 2 atom stereocenters. The van der Waals surface area contributed by atoms with Crippen LogP contribution in [0.4, 0.5) is 5.69 Å². The van der Waals surface area contributed by atoms with Gasteiger partial charge in [0.15, 0.2) is 11.5 Å². The normalized spacial score (nSPS) is 14.1. The molecule has 3 rings (SSSR count). The smallest absolute Gasteiger partial charge is 0.243 e. The minimum Gasteiger partial charge on any atom is -0.454 e. The summed E-state index contributed by atoms with van der Waals surface area (Å²) in [6, 6.07) is 13.9. The Kier molecular flexibility index (Phi) is 9.79. The van der Waals surface area contributed by atoms with Gasteiger partial charge in [-0.05, 0) is 43.9 Å². The summed E-state index contributed by atoms with van der Waals surface area (Å²) < 4.78 is 37.1. The Morgan fingerprint density at radius 3 is 2.38 bits per heavy atom. The zero-order chi connectivity index (χ0) is 27.0. The van der Waals surface area contributed by atoms with Gasteiger partial charge in [-0.1, -0.05) is 44.2 Å². The lowest BCUT2D eigenvalue weighted by Crippen LogP contribution is -2.50. The number of nitrogens with one attached hydrogen (secondary N) is 1. The molecular weight excluding hydrogens is 494 g/mol. The number of benzene rings is 2. The van der Waals surface area contributed by atoms with Crippen molar-refractivity contribution in [3.8, 4) is 11.5 Å². The molecule has 2 aromatic rings. The van der Waals surface area contributed by atoms with Crippen molar-refractivity contribution in [3.63, 3.8) is 0 Å². The van der Waals surface area contributed by atoms with Crippen LogP contribution < -0.4 is 19.1 Å². The molecule has 202 valence electrons. The molecule has 37 heavy (non-hydrogen) atoms. The third-order valence-corrected chi connectivity index (χ3v) is 7.57. The van der Waals surface area contributed by atoms with Crippen LogP contribution in [-0.4, -0.2) is 56.8 Å². The molecule has 0 aliphatic carbocycles. The van der Waals surface area contributed by atoms with E-state index in [2.05, 4.69) is 5.32 Å². The van der Waals surface area contributed by atoms with Gasteiger partial charge in [0, 0.05) is 31.6 Å². The quantitative estimate of drug-likeness (QED) is 0.423. The highest BCUT2D eigenvalue weighted by Crippen LogP contribution is 2.36.